The van der Waals surface area contributed by atoms with E-state index in [4.69, 9.17) is 11.6 Å². The van der Waals surface area contributed by atoms with Crippen LogP contribution in [0.15, 0.2) is 29.3 Å². The summed E-state index contributed by atoms with van der Waals surface area (Å²) in [7, 11) is -3.07. The van der Waals surface area contributed by atoms with Gasteiger partial charge >= 0.3 is 0 Å². The molecule has 0 atom stereocenters. The average Bonchev–Trinajstić information content (AvgIpc) is 2.61. The molecule has 6 nitrogen and oxygen atoms in total. The highest BCUT2D eigenvalue weighted by molar-refractivity contribution is 7.88. The summed E-state index contributed by atoms with van der Waals surface area (Å²) < 4.78 is 24.7. The second-order valence-corrected chi connectivity index (χ2v) is 8.98. The Bertz CT molecular complexity index is 701. The lowest BCUT2D eigenvalue weighted by Gasteiger charge is -2.29. The van der Waals surface area contributed by atoms with Crippen LogP contribution in [0.1, 0.15) is 25.3 Å². The summed E-state index contributed by atoms with van der Waals surface area (Å²) in [6.07, 6.45) is 3.82. The standard InChI is InChI=1S/C18H29ClN4O2S/c1-3-20-18(21-11-8-16-6-4-5-7-17(16)19)22-14-15-9-12-23(13-10-15)26(2,24)25/h4-7,15H,3,8-14H2,1-2H3,(H2,20,21,22). The fourth-order valence-electron chi connectivity index (χ4n) is 3.00. The van der Waals surface area contributed by atoms with Gasteiger partial charge in [-0.3, -0.25) is 4.99 Å². The first kappa shape index (κ1) is 21.0. The highest BCUT2D eigenvalue weighted by atomic mass is 35.5. The topological polar surface area (TPSA) is 73.8 Å². The normalized spacial score (nSPS) is 17.3. The van der Waals surface area contributed by atoms with Crippen LogP contribution in [0.25, 0.3) is 0 Å². The van der Waals surface area contributed by atoms with Crippen LogP contribution < -0.4 is 10.6 Å². The molecule has 1 aliphatic heterocycles. The summed E-state index contributed by atoms with van der Waals surface area (Å²) in [4.78, 5) is 4.67. The van der Waals surface area contributed by atoms with Gasteiger partial charge in [0, 0.05) is 37.7 Å². The second kappa shape index (κ2) is 10.1. The molecule has 0 bridgehead atoms. The number of piperidine rings is 1. The molecule has 0 radical (unpaired) electrons. The van der Waals surface area contributed by atoms with Crippen molar-refractivity contribution < 1.29 is 8.42 Å². The van der Waals surface area contributed by atoms with Crippen LogP contribution in [0.4, 0.5) is 0 Å². The number of aliphatic imine (C=N–C) groups is 1. The van der Waals surface area contributed by atoms with Crippen molar-refractivity contribution in [2.24, 2.45) is 10.9 Å². The third-order valence-electron chi connectivity index (χ3n) is 4.54. The summed E-state index contributed by atoms with van der Waals surface area (Å²) in [5.41, 5.74) is 1.12. The van der Waals surface area contributed by atoms with E-state index in [-0.39, 0.29) is 0 Å². The van der Waals surface area contributed by atoms with Gasteiger partial charge in [-0.15, -0.1) is 0 Å². The van der Waals surface area contributed by atoms with E-state index in [2.05, 4.69) is 15.6 Å². The molecular formula is C18H29ClN4O2S. The molecule has 26 heavy (non-hydrogen) atoms. The van der Waals surface area contributed by atoms with Gasteiger partial charge in [-0.05, 0) is 43.7 Å². The first-order valence-electron chi connectivity index (χ1n) is 9.11. The summed E-state index contributed by atoms with van der Waals surface area (Å²) in [6, 6.07) is 7.85. The molecular weight excluding hydrogens is 372 g/mol. The van der Waals surface area contributed by atoms with Crippen LogP contribution in [-0.2, 0) is 16.4 Å². The quantitative estimate of drug-likeness (QED) is 0.543. The number of halogens is 1. The van der Waals surface area contributed by atoms with Crippen molar-refractivity contribution in [1.82, 2.24) is 14.9 Å². The van der Waals surface area contributed by atoms with E-state index in [0.29, 0.717) is 25.6 Å². The number of hydrogen-bond donors (Lipinski definition) is 2. The van der Waals surface area contributed by atoms with E-state index < -0.39 is 10.0 Å². The average molecular weight is 401 g/mol. The van der Waals surface area contributed by atoms with Crippen LogP contribution in [0.2, 0.25) is 5.02 Å². The van der Waals surface area contributed by atoms with Gasteiger partial charge in [0.05, 0.1) is 6.26 Å². The zero-order chi connectivity index (χ0) is 19.0. The Kier molecular flexibility index (Phi) is 8.18. The maximum atomic E-state index is 11.6. The van der Waals surface area contributed by atoms with Crippen molar-refractivity contribution in [3.05, 3.63) is 34.9 Å². The van der Waals surface area contributed by atoms with Crippen LogP contribution in [0, 0.1) is 5.92 Å². The summed E-state index contributed by atoms with van der Waals surface area (Å²) >= 11 is 6.19. The van der Waals surface area contributed by atoms with Crippen LogP contribution in [0.3, 0.4) is 0 Å². The molecule has 2 N–H and O–H groups in total. The van der Waals surface area contributed by atoms with Crippen LogP contribution >= 0.6 is 11.6 Å². The summed E-state index contributed by atoms with van der Waals surface area (Å²) in [5.74, 6) is 1.22. The van der Waals surface area contributed by atoms with Gasteiger partial charge in [0.15, 0.2) is 5.96 Å². The van der Waals surface area contributed by atoms with Crippen molar-refractivity contribution in [2.45, 2.75) is 26.2 Å². The van der Waals surface area contributed by atoms with Gasteiger partial charge in [-0.1, -0.05) is 29.8 Å². The third-order valence-corrected chi connectivity index (χ3v) is 6.21. The third kappa shape index (κ3) is 6.78. The van der Waals surface area contributed by atoms with E-state index in [1.165, 1.54) is 6.26 Å². The minimum Gasteiger partial charge on any atom is -0.357 e. The maximum Gasteiger partial charge on any atom is 0.211 e. The predicted octanol–water partition coefficient (Wildman–Crippen LogP) is 2.11. The highest BCUT2D eigenvalue weighted by Crippen LogP contribution is 2.19. The molecule has 1 saturated heterocycles. The fourth-order valence-corrected chi connectivity index (χ4v) is 4.11. The van der Waals surface area contributed by atoms with Gasteiger partial charge in [0.25, 0.3) is 0 Å². The van der Waals surface area contributed by atoms with E-state index in [9.17, 15) is 8.42 Å². The second-order valence-electron chi connectivity index (χ2n) is 6.59. The van der Waals surface area contributed by atoms with Gasteiger partial charge in [-0.2, -0.15) is 0 Å². The van der Waals surface area contributed by atoms with Gasteiger partial charge in [0.2, 0.25) is 10.0 Å². The molecule has 0 aliphatic carbocycles. The van der Waals surface area contributed by atoms with Gasteiger partial charge in [0.1, 0.15) is 0 Å². The van der Waals surface area contributed by atoms with E-state index in [1.807, 2.05) is 31.2 Å². The Morgan fingerprint density at radius 1 is 1.27 bits per heavy atom. The van der Waals surface area contributed by atoms with E-state index >= 15 is 0 Å². The maximum absolute atomic E-state index is 11.6. The molecule has 0 saturated carbocycles. The Morgan fingerprint density at radius 3 is 2.58 bits per heavy atom. The molecule has 1 aliphatic rings. The molecule has 1 aromatic rings. The zero-order valence-corrected chi connectivity index (χ0v) is 17.1. The summed E-state index contributed by atoms with van der Waals surface area (Å²) in [6.45, 7) is 5.48. The molecule has 1 aromatic carbocycles. The zero-order valence-electron chi connectivity index (χ0n) is 15.5. The van der Waals surface area contributed by atoms with Gasteiger partial charge < -0.3 is 10.6 Å². The first-order valence-corrected chi connectivity index (χ1v) is 11.3. The number of guanidine groups is 1. The minimum atomic E-state index is -3.07. The van der Waals surface area contributed by atoms with Crippen molar-refractivity contribution in [3.8, 4) is 0 Å². The van der Waals surface area contributed by atoms with Gasteiger partial charge in [-0.25, -0.2) is 12.7 Å². The molecule has 1 fully saturated rings. The highest BCUT2D eigenvalue weighted by Gasteiger charge is 2.24. The smallest absolute Gasteiger partial charge is 0.211 e. The SMILES string of the molecule is CCNC(=NCC1CCN(S(C)(=O)=O)CC1)NCCc1ccccc1Cl. The summed E-state index contributed by atoms with van der Waals surface area (Å²) in [5, 5.41) is 7.38. The molecule has 0 spiro atoms. The molecule has 2 rings (SSSR count). The van der Waals surface area contributed by atoms with Crippen LogP contribution in [0.5, 0.6) is 0 Å². The lowest BCUT2D eigenvalue weighted by atomic mass is 9.98. The molecule has 8 heteroatoms. The van der Waals surface area contributed by atoms with Crippen molar-refractivity contribution in [2.75, 3.05) is 39.0 Å². The number of sulfonamides is 1. The van der Waals surface area contributed by atoms with Crippen molar-refractivity contribution >= 4 is 27.6 Å². The Balaban J connectivity index is 1.80. The van der Waals surface area contributed by atoms with E-state index in [0.717, 1.165) is 48.9 Å². The number of benzene rings is 1. The van der Waals surface area contributed by atoms with E-state index in [1.54, 1.807) is 4.31 Å². The number of rotatable bonds is 7. The largest absolute Gasteiger partial charge is 0.357 e. The molecule has 1 heterocycles. The predicted molar refractivity (Wildman–Crippen MR) is 108 cm³/mol. The lowest BCUT2D eigenvalue weighted by molar-refractivity contribution is 0.280. The van der Waals surface area contributed by atoms with Crippen LogP contribution in [-0.4, -0.2) is 57.7 Å². The number of nitrogens with zero attached hydrogens (tertiary/aromatic N) is 2. The molecule has 0 amide bonds. The Labute approximate surface area is 162 Å². The van der Waals surface area contributed by atoms with Crippen molar-refractivity contribution in [1.29, 1.82) is 0 Å². The Hall–Kier alpha value is -1.31. The Morgan fingerprint density at radius 2 is 1.96 bits per heavy atom. The monoisotopic (exact) mass is 400 g/mol. The molecule has 0 aromatic heterocycles. The minimum absolute atomic E-state index is 0.423. The first-order chi connectivity index (χ1) is 12.4. The number of nitrogens with one attached hydrogen (secondary N) is 2. The fraction of sp³-hybridized carbons (Fsp3) is 0.611. The number of hydrogen-bond acceptors (Lipinski definition) is 3. The van der Waals surface area contributed by atoms with Crippen molar-refractivity contribution in [3.63, 3.8) is 0 Å². The lowest BCUT2D eigenvalue weighted by Crippen LogP contribution is -2.40. The molecule has 0 unspecified atom stereocenters. The molecule has 146 valence electrons.